The van der Waals surface area contributed by atoms with Crippen molar-refractivity contribution in [3.8, 4) is 5.75 Å². The number of fused-ring (bicyclic) bond motifs is 1. The average Bonchev–Trinajstić information content (AvgIpc) is 2.54. The van der Waals surface area contributed by atoms with Gasteiger partial charge >= 0.3 is 6.61 Å². The number of aryl methyl sites for hydroxylation is 1. The minimum absolute atomic E-state index is 0.103. The van der Waals surface area contributed by atoms with E-state index in [1.807, 2.05) is 0 Å². The van der Waals surface area contributed by atoms with Crippen molar-refractivity contribution < 1.29 is 21.9 Å². The van der Waals surface area contributed by atoms with Gasteiger partial charge in [0.05, 0.1) is 4.91 Å². The number of hydrogen-bond acceptors (Lipinski definition) is 4. The highest BCUT2D eigenvalue weighted by atomic mass is 32.2. The summed E-state index contributed by atoms with van der Waals surface area (Å²) in [5, 5.41) is 0. The smallest absolute Gasteiger partial charge is 0.387 e. The van der Waals surface area contributed by atoms with Crippen LogP contribution < -0.4 is 4.74 Å². The number of alkyl halides is 2. The Hall–Kier alpha value is -1.12. The van der Waals surface area contributed by atoms with E-state index < -0.39 is 16.6 Å². The Labute approximate surface area is 138 Å². The summed E-state index contributed by atoms with van der Waals surface area (Å²) in [6.07, 6.45) is 2.54. The molecule has 0 aromatic heterocycles. The van der Waals surface area contributed by atoms with Gasteiger partial charge < -0.3 is 4.74 Å². The van der Waals surface area contributed by atoms with Gasteiger partial charge in [-0.05, 0) is 42.2 Å². The molecular formula is C15H17F2NO3S2. The van der Waals surface area contributed by atoms with Gasteiger partial charge in [-0.3, -0.25) is 0 Å². The summed E-state index contributed by atoms with van der Waals surface area (Å²) in [5.41, 5.74) is 1.58. The average molecular weight is 361 g/mol. The van der Waals surface area contributed by atoms with Gasteiger partial charge in [0.25, 0.3) is 0 Å². The van der Waals surface area contributed by atoms with Crippen LogP contribution in [0.2, 0.25) is 0 Å². The van der Waals surface area contributed by atoms with Crippen LogP contribution in [0.5, 0.6) is 5.75 Å². The van der Waals surface area contributed by atoms with Crippen LogP contribution >= 0.6 is 11.8 Å². The first-order chi connectivity index (χ1) is 11.0. The molecule has 1 saturated heterocycles. The quantitative estimate of drug-likeness (QED) is 0.827. The van der Waals surface area contributed by atoms with E-state index >= 15 is 0 Å². The molecule has 0 bridgehead atoms. The molecule has 0 amide bonds. The van der Waals surface area contributed by atoms with Crippen molar-refractivity contribution >= 4 is 27.9 Å². The first-order valence-electron chi connectivity index (χ1n) is 7.33. The SMILES string of the molecule is O=S(=O)(C1=Cc2ccc(OC(F)F)cc2CC1)N1CCSCC1. The molecule has 1 aliphatic carbocycles. The van der Waals surface area contributed by atoms with Crippen LogP contribution in [0.15, 0.2) is 23.1 Å². The van der Waals surface area contributed by atoms with Gasteiger partial charge in [-0.1, -0.05) is 6.07 Å². The van der Waals surface area contributed by atoms with E-state index in [9.17, 15) is 17.2 Å². The summed E-state index contributed by atoms with van der Waals surface area (Å²) in [4.78, 5) is 0.402. The van der Waals surface area contributed by atoms with Crippen molar-refractivity contribution in [2.24, 2.45) is 0 Å². The maximum atomic E-state index is 12.7. The van der Waals surface area contributed by atoms with E-state index in [2.05, 4.69) is 4.74 Å². The summed E-state index contributed by atoms with van der Waals surface area (Å²) in [5.74, 6) is 1.74. The highest BCUT2D eigenvalue weighted by Gasteiger charge is 2.29. The second-order valence-corrected chi connectivity index (χ2v) is 8.58. The molecule has 126 valence electrons. The zero-order valence-corrected chi connectivity index (χ0v) is 14.0. The van der Waals surface area contributed by atoms with Crippen molar-refractivity contribution in [3.05, 3.63) is 34.2 Å². The Morgan fingerprint density at radius 2 is 1.91 bits per heavy atom. The summed E-state index contributed by atoms with van der Waals surface area (Å²) < 4.78 is 55.8. The Balaban J connectivity index is 1.85. The van der Waals surface area contributed by atoms with Gasteiger partial charge in [-0.2, -0.15) is 24.8 Å². The first-order valence-corrected chi connectivity index (χ1v) is 9.92. The van der Waals surface area contributed by atoms with Crippen molar-refractivity contribution in [2.75, 3.05) is 24.6 Å². The monoisotopic (exact) mass is 361 g/mol. The van der Waals surface area contributed by atoms with Crippen molar-refractivity contribution in [1.29, 1.82) is 0 Å². The van der Waals surface area contributed by atoms with E-state index in [4.69, 9.17) is 0 Å². The normalized spacial score (nSPS) is 19.3. The van der Waals surface area contributed by atoms with Gasteiger partial charge in [-0.15, -0.1) is 0 Å². The lowest BCUT2D eigenvalue weighted by atomic mass is 9.97. The van der Waals surface area contributed by atoms with Gasteiger partial charge in [0.15, 0.2) is 0 Å². The third-order valence-electron chi connectivity index (χ3n) is 3.94. The molecule has 1 fully saturated rings. The van der Waals surface area contributed by atoms with Crippen LogP contribution in [0.1, 0.15) is 17.5 Å². The number of benzene rings is 1. The topological polar surface area (TPSA) is 46.6 Å². The largest absolute Gasteiger partial charge is 0.435 e. The molecule has 4 nitrogen and oxygen atoms in total. The number of sulfonamides is 1. The summed E-state index contributed by atoms with van der Waals surface area (Å²) >= 11 is 1.76. The highest BCUT2D eigenvalue weighted by molar-refractivity contribution is 7.99. The number of rotatable bonds is 4. The minimum atomic E-state index is -3.43. The molecule has 3 rings (SSSR count). The fourth-order valence-electron chi connectivity index (χ4n) is 2.78. The molecule has 0 radical (unpaired) electrons. The van der Waals surface area contributed by atoms with E-state index in [0.717, 1.165) is 22.6 Å². The van der Waals surface area contributed by atoms with Gasteiger partial charge in [0.2, 0.25) is 10.0 Å². The van der Waals surface area contributed by atoms with Gasteiger partial charge in [-0.25, -0.2) is 8.42 Å². The number of hydrogen-bond donors (Lipinski definition) is 0. The van der Waals surface area contributed by atoms with Crippen LogP contribution in [0.4, 0.5) is 8.78 Å². The van der Waals surface area contributed by atoms with E-state index in [1.54, 1.807) is 30.0 Å². The molecule has 0 N–H and O–H groups in total. The lowest BCUT2D eigenvalue weighted by Crippen LogP contribution is -2.38. The van der Waals surface area contributed by atoms with Crippen molar-refractivity contribution in [3.63, 3.8) is 0 Å². The number of nitrogens with zero attached hydrogens (tertiary/aromatic N) is 1. The zero-order chi connectivity index (χ0) is 16.4. The predicted molar refractivity (Wildman–Crippen MR) is 87.2 cm³/mol. The molecule has 0 unspecified atom stereocenters. The van der Waals surface area contributed by atoms with Crippen LogP contribution in [0.25, 0.3) is 6.08 Å². The Bertz CT molecular complexity index is 713. The molecule has 1 aromatic carbocycles. The Morgan fingerprint density at radius 3 is 2.61 bits per heavy atom. The molecular weight excluding hydrogens is 344 g/mol. The fraction of sp³-hybridized carbons (Fsp3) is 0.467. The molecule has 0 spiro atoms. The number of ether oxygens (including phenoxy) is 1. The molecule has 1 aliphatic heterocycles. The zero-order valence-electron chi connectivity index (χ0n) is 12.4. The van der Waals surface area contributed by atoms with Crippen molar-refractivity contribution in [2.45, 2.75) is 19.5 Å². The molecule has 2 aliphatic rings. The molecule has 0 saturated carbocycles. The summed E-state index contributed by atoms with van der Waals surface area (Å²) in [6, 6.07) is 4.63. The van der Waals surface area contributed by atoms with Crippen LogP contribution in [-0.2, 0) is 16.4 Å². The van der Waals surface area contributed by atoms with E-state index in [0.29, 0.717) is 30.8 Å². The van der Waals surface area contributed by atoms with Crippen LogP contribution in [-0.4, -0.2) is 43.9 Å². The van der Waals surface area contributed by atoms with Crippen molar-refractivity contribution in [1.82, 2.24) is 4.31 Å². The maximum Gasteiger partial charge on any atom is 0.387 e. The van der Waals surface area contributed by atoms with Gasteiger partial charge in [0, 0.05) is 24.6 Å². The molecule has 23 heavy (non-hydrogen) atoms. The third kappa shape index (κ3) is 3.70. The minimum Gasteiger partial charge on any atom is -0.435 e. The molecule has 1 heterocycles. The number of halogens is 2. The first kappa shape index (κ1) is 16.7. The molecule has 0 atom stereocenters. The summed E-state index contributed by atoms with van der Waals surface area (Å²) in [7, 11) is -3.43. The molecule has 8 heteroatoms. The second-order valence-electron chi connectivity index (χ2n) is 5.37. The highest BCUT2D eigenvalue weighted by Crippen LogP contribution is 2.32. The summed E-state index contributed by atoms with van der Waals surface area (Å²) in [6.45, 7) is -1.78. The lowest BCUT2D eigenvalue weighted by molar-refractivity contribution is -0.0498. The molecule has 1 aromatic rings. The third-order valence-corrected chi connectivity index (χ3v) is 6.91. The standard InChI is InChI=1S/C15H17F2NO3S2/c16-15(17)21-13-3-1-12-10-14(4-2-11(12)9-13)23(19,20)18-5-7-22-8-6-18/h1,3,9-10,15H,2,4-8H2. The predicted octanol–water partition coefficient (Wildman–Crippen LogP) is 2.95. The number of allylic oxidation sites excluding steroid dienone is 1. The maximum absolute atomic E-state index is 12.7. The van der Waals surface area contributed by atoms with Crippen LogP contribution in [0, 0.1) is 0 Å². The van der Waals surface area contributed by atoms with E-state index in [1.165, 1.54) is 10.4 Å². The Kier molecular flexibility index (Phi) is 4.93. The lowest BCUT2D eigenvalue weighted by Gasteiger charge is -2.28. The van der Waals surface area contributed by atoms with E-state index in [-0.39, 0.29) is 5.75 Å². The van der Waals surface area contributed by atoms with Gasteiger partial charge in [0.1, 0.15) is 5.75 Å². The second kappa shape index (κ2) is 6.78. The fourth-order valence-corrected chi connectivity index (χ4v) is 5.54. The van der Waals surface area contributed by atoms with Crippen LogP contribution in [0.3, 0.4) is 0 Å². The Morgan fingerprint density at radius 1 is 1.17 bits per heavy atom. The number of thioether (sulfide) groups is 1.